The van der Waals surface area contributed by atoms with Crippen LogP contribution in [-0.2, 0) is 22.9 Å². The van der Waals surface area contributed by atoms with Crippen LogP contribution in [0.15, 0.2) is 60.0 Å². The molecule has 1 atom stereocenters. The molecule has 2 aromatic carbocycles. The van der Waals surface area contributed by atoms with Crippen LogP contribution in [0, 0.1) is 0 Å². The average molecular weight is 375 g/mol. The lowest BCUT2D eigenvalue weighted by molar-refractivity contribution is 0.239. The topological polar surface area (TPSA) is 95.4 Å². The van der Waals surface area contributed by atoms with Crippen molar-refractivity contribution in [2.24, 2.45) is 10.9 Å². The summed E-state index contributed by atoms with van der Waals surface area (Å²) < 4.78 is 30.4. The van der Waals surface area contributed by atoms with Gasteiger partial charge in [-0.3, -0.25) is 0 Å². The normalized spacial score (nSPS) is 12.8. The minimum Gasteiger partial charge on any atom is -0.491 e. The van der Waals surface area contributed by atoms with Gasteiger partial charge in [0.25, 0.3) is 0 Å². The first-order chi connectivity index (χ1) is 12.2. The van der Waals surface area contributed by atoms with Crippen LogP contribution < -0.4 is 15.6 Å². The van der Waals surface area contributed by atoms with Crippen molar-refractivity contribution in [3.63, 3.8) is 0 Å². The van der Waals surface area contributed by atoms with Crippen LogP contribution in [-0.4, -0.2) is 20.6 Å². The summed E-state index contributed by atoms with van der Waals surface area (Å²) in [6, 6.07) is 12.8. The van der Waals surface area contributed by atoms with Gasteiger partial charge in [-0.25, -0.2) is 13.6 Å². The average Bonchev–Trinajstić information content (AvgIpc) is 2.56. The number of hydrogen-bond donors (Lipinski definition) is 2. The van der Waals surface area contributed by atoms with Crippen molar-refractivity contribution in [2.75, 3.05) is 0 Å². The number of sulfonamides is 1. The third-order valence-corrected chi connectivity index (χ3v) is 4.87. The number of primary sulfonamides is 1. The van der Waals surface area contributed by atoms with Crippen molar-refractivity contribution < 1.29 is 13.2 Å². The maximum absolute atomic E-state index is 12.3. The maximum Gasteiger partial charge on any atom is 0.238 e. The van der Waals surface area contributed by atoms with Crippen LogP contribution in [0.2, 0.25) is 0 Å². The molecule has 0 aromatic heterocycles. The quantitative estimate of drug-likeness (QED) is 0.695. The van der Waals surface area contributed by atoms with Crippen LogP contribution >= 0.6 is 0 Å². The van der Waals surface area contributed by atoms with Gasteiger partial charge in [0.05, 0.1) is 11.0 Å². The van der Waals surface area contributed by atoms with Crippen molar-refractivity contribution in [1.82, 2.24) is 0 Å². The number of rotatable bonds is 8. The van der Waals surface area contributed by atoms with Crippen LogP contribution in [0.25, 0.3) is 0 Å². The molecule has 140 valence electrons. The van der Waals surface area contributed by atoms with Crippen LogP contribution in [0.1, 0.15) is 30.5 Å². The van der Waals surface area contributed by atoms with Gasteiger partial charge < -0.3 is 10.5 Å². The zero-order chi connectivity index (χ0) is 19.3. The summed E-state index contributed by atoms with van der Waals surface area (Å²) in [7, 11) is -3.92. The molecule has 2 rings (SSSR count). The van der Waals surface area contributed by atoms with Crippen molar-refractivity contribution in [3.05, 3.63) is 71.8 Å². The Bertz CT molecular complexity index is 862. The van der Waals surface area contributed by atoms with Gasteiger partial charge in [-0.1, -0.05) is 36.4 Å². The van der Waals surface area contributed by atoms with Crippen LogP contribution in [0.5, 0.6) is 5.75 Å². The lowest BCUT2D eigenvalue weighted by atomic mass is 9.99. The zero-order valence-electron chi connectivity index (χ0n) is 15.2. The molecule has 0 amide bonds. The Morgan fingerprint density at radius 2 is 1.81 bits per heavy atom. The summed E-state index contributed by atoms with van der Waals surface area (Å²) in [5.74, 6) is 0.515. The van der Waals surface area contributed by atoms with E-state index in [-0.39, 0.29) is 17.0 Å². The zero-order valence-corrected chi connectivity index (χ0v) is 16.0. The van der Waals surface area contributed by atoms with Gasteiger partial charge in [-0.05, 0) is 43.5 Å². The van der Waals surface area contributed by atoms with Gasteiger partial charge in [-0.2, -0.15) is 0 Å². The summed E-state index contributed by atoms with van der Waals surface area (Å²) in [5.41, 5.74) is 8.21. The van der Waals surface area contributed by atoms with E-state index in [9.17, 15) is 8.42 Å². The number of hydrogen-bond acceptors (Lipinski definition) is 4. The largest absolute Gasteiger partial charge is 0.491 e. The third-order valence-electron chi connectivity index (χ3n) is 3.89. The molecular formula is C20H26N2O3S. The number of ether oxygens (including phenoxy) is 1. The molecule has 0 bridgehead atoms. The van der Waals surface area contributed by atoms with E-state index in [1.54, 1.807) is 12.1 Å². The standard InChI is InChI=1S/C20H26N2O3S/c1-4-17(21)10-16-12-19(25-14(2)3)18(20(13-16)26(22,23)24)11-15-8-6-5-7-9-15/h4-9,12-14,17H,1,10-11,21H2,2-3H3,(H2,22,23,24). The smallest absolute Gasteiger partial charge is 0.238 e. The Labute approximate surface area is 155 Å². The fourth-order valence-corrected chi connectivity index (χ4v) is 3.57. The second-order valence-electron chi connectivity index (χ2n) is 6.55. The van der Waals surface area contributed by atoms with E-state index >= 15 is 0 Å². The molecular weight excluding hydrogens is 348 g/mol. The molecule has 0 spiro atoms. The van der Waals surface area contributed by atoms with E-state index in [2.05, 4.69) is 6.58 Å². The lowest BCUT2D eigenvalue weighted by Gasteiger charge is -2.19. The Hall–Kier alpha value is -2.15. The molecule has 0 aliphatic carbocycles. The van der Waals surface area contributed by atoms with Gasteiger partial charge in [0.2, 0.25) is 10.0 Å². The number of benzene rings is 2. The number of nitrogens with two attached hydrogens (primary N) is 2. The van der Waals surface area contributed by atoms with E-state index in [0.717, 1.165) is 11.1 Å². The van der Waals surface area contributed by atoms with E-state index < -0.39 is 10.0 Å². The summed E-state index contributed by atoms with van der Waals surface area (Å²) >= 11 is 0. The molecule has 26 heavy (non-hydrogen) atoms. The first-order valence-corrected chi connectivity index (χ1v) is 10.0. The van der Waals surface area contributed by atoms with Gasteiger partial charge >= 0.3 is 0 Å². The molecule has 1 unspecified atom stereocenters. The van der Waals surface area contributed by atoms with Crippen molar-refractivity contribution in [3.8, 4) is 5.75 Å². The second kappa shape index (κ2) is 8.49. The van der Waals surface area contributed by atoms with E-state index in [1.165, 1.54) is 0 Å². The maximum atomic E-state index is 12.3. The van der Waals surface area contributed by atoms with Gasteiger partial charge in [0, 0.05) is 18.0 Å². The molecule has 0 aliphatic heterocycles. The highest BCUT2D eigenvalue weighted by Gasteiger charge is 2.21. The Balaban J connectivity index is 2.62. The monoisotopic (exact) mass is 374 g/mol. The highest BCUT2D eigenvalue weighted by Crippen LogP contribution is 2.31. The van der Waals surface area contributed by atoms with E-state index in [0.29, 0.717) is 24.2 Å². The Kier molecular flexibility index (Phi) is 6.58. The van der Waals surface area contributed by atoms with E-state index in [1.807, 2.05) is 50.2 Å². The summed E-state index contributed by atoms with van der Waals surface area (Å²) in [6.45, 7) is 7.46. The summed E-state index contributed by atoms with van der Waals surface area (Å²) in [6.07, 6.45) is 2.37. The van der Waals surface area contributed by atoms with E-state index in [4.69, 9.17) is 15.6 Å². The predicted molar refractivity (Wildman–Crippen MR) is 105 cm³/mol. The highest BCUT2D eigenvalue weighted by atomic mass is 32.2. The van der Waals surface area contributed by atoms with Gasteiger partial charge in [0.15, 0.2) is 0 Å². The highest BCUT2D eigenvalue weighted by molar-refractivity contribution is 7.89. The minimum absolute atomic E-state index is 0.0748. The molecule has 5 nitrogen and oxygen atoms in total. The summed E-state index contributed by atoms with van der Waals surface area (Å²) in [5, 5.41) is 5.51. The van der Waals surface area contributed by atoms with Crippen molar-refractivity contribution >= 4 is 10.0 Å². The molecule has 0 heterocycles. The molecule has 0 saturated carbocycles. The molecule has 0 radical (unpaired) electrons. The van der Waals surface area contributed by atoms with Crippen LogP contribution in [0.4, 0.5) is 0 Å². The molecule has 6 heteroatoms. The second-order valence-corrected chi connectivity index (χ2v) is 8.08. The Morgan fingerprint density at radius 1 is 1.15 bits per heavy atom. The van der Waals surface area contributed by atoms with Gasteiger partial charge in [-0.15, -0.1) is 6.58 Å². The molecule has 4 N–H and O–H groups in total. The van der Waals surface area contributed by atoms with Crippen LogP contribution in [0.3, 0.4) is 0 Å². The van der Waals surface area contributed by atoms with Crippen molar-refractivity contribution in [1.29, 1.82) is 0 Å². The molecule has 0 saturated heterocycles. The molecule has 0 aliphatic rings. The first kappa shape index (κ1) is 20.2. The first-order valence-electron chi connectivity index (χ1n) is 8.48. The van der Waals surface area contributed by atoms with Gasteiger partial charge in [0.1, 0.15) is 5.75 Å². The third kappa shape index (κ3) is 5.42. The lowest BCUT2D eigenvalue weighted by Crippen LogP contribution is -2.21. The summed E-state index contributed by atoms with van der Waals surface area (Å²) in [4.78, 5) is 0.0748. The fraction of sp³-hybridized carbons (Fsp3) is 0.300. The minimum atomic E-state index is -3.92. The Morgan fingerprint density at radius 3 is 2.35 bits per heavy atom. The van der Waals surface area contributed by atoms with Crippen molar-refractivity contribution in [2.45, 2.75) is 43.7 Å². The predicted octanol–water partition coefficient (Wildman–Crippen LogP) is 2.77. The fourth-order valence-electron chi connectivity index (χ4n) is 2.73. The SMILES string of the molecule is C=CC(N)Cc1cc(OC(C)C)c(Cc2ccccc2)c(S(N)(=O)=O)c1. The molecule has 2 aromatic rings. The molecule has 0 fully saturated rings.